The zero-order chi connectivity index (χ0) is 22.8. The summed E-state index contributed by atoms with van der Waals surface area (Å²) >= 11 is 0. The molecule has 164 valence electrons. The maximum absolute atomic E-state index is 13.3. The number of anilines is 2. The molecule has 1 aliphatic heterocycles. The number of carbonyl (C=O) groups excluding carboxylic acids is 1. The number of aromatic nitrogens is 1. The number of nitrogens with zero attached hydrogens (tertiary/aromatic N) is 2. The van der Waals surface area contributed by atoms with E-state index in [9.17, 15) is 4.79 Å². The van der Waals surface area contributed by atoms with Gasteiger partial charge in [0.25, 0.3) is 5.91 Å². The zero-order valence-corrected chi connectivity index (χ0v) is 18.3. The molecule has 0 saturated carbocycles. The first-order valence-corrected chi connectivity index (χ1v) is 10.7. The lowest BCUT2D eigenvalue weighted by Crippen LogP contribution is -2.37. The highest BCUT2D eigenvalue weighted by molar-refractivity contribution is 6.07. The standard InChI is InChI=1S/C26H23N5O2/c1-16-12-14-18(15-13-16)23-22(24(32)28-19-8-4-3-5-9-19)17(2)27-25(30-23)31-26-29-20-10-6-7-11-21(20)33-26/h3-15,23H,1-2H3,(H,28,32)(H2,27,29,30,31)/t23-/m1/s1. The van der Waals surface area contributed by atoms with E-state index in [4.69, 9.17) is 9.41 Å². The highest BCUT2D eigenvalue weighted by atomic mass is 16.4. The summed E-state index contributed by atoms with van der Waals surface area (Å²) in [4.78, 5) is 22.6. The Balaban J connectivity index is 1.48. The van der Waals surface area contributed by atoms with Gasteiger partial charge in [-0.05, 0) is 43.7 Å². The Labute approximate surface area is 191 Å². The average molecular weight is 438 g/mol. The van der Waals surface area contributed by atoms with Crippen molar-refractivity contribution in [3.63, 3.8) is 0 Å². The van der Waals surface area contributed by atoms with Crippen molar-refractivity contribution in [1.29, 1.82) is 0 Å². The summed E-state index contributed by atoms with van der Waals surface area (Å²) in [6.07, 6.45) is 0. The Hall–Kier alpha value is -4.39. The number of carbonyl (C=O) groups is 1. The van der Waals surface area contributed by atoms with Crippen LogP contribution in [0, 0.1) is 6.92 Å². The van der Waals surface area contributed by atoms with E-state index in [2.05, 4.69) is 20.9 Å². The van der Waals surface area contributed by atoms with Gasteiger partial charge < -0.3 is 15.1 Å². The minimum absolute atomic E-state index is 0.207. The molecule has 33 heavy (non-hydrogen) atoms. The number of allylic oxidation sites excluding steroid dienone is 1. The summed E-state index contributed by atoms with van der Waals surface area (Å²) in [5.74, 6) is 0.252. The molecule has 0 unspecified atom stereocenters. The summed E-state index contributed by atoms with van der Waals surface area (Å²) in [5.41, 5.74) is 5.45. The van der Waals surface area contributed by atoms with Crippen LogP contribution in [0.2, 0.25) is 0 Å². The number of amides is 1. The first-order valence-electron chi connectivity index (χ1n) is 10.7. The van der Waals surface area contributed by atoms with E-state index in [1.165, 1.54) is 0 Å². The van der Waals surface area contributed by atoms with E-state index in [0.717, 1.165) is 22.3 Å². The first-order chi connectivity index (χ1) is 16.1. The molecule has 0 bridgehead atoms. The molecular formula is C26H23N5O2. The van der Waals surface area contributed by atoms with Crippen molar-refractivity contribution >= 4 is 34.7 Å². The number of hydrogen-bond acceptors (Lipinski definition) is 6. The molecule has 3 aromatic carbocycles. The number of oxazole rings is 1. The largest absolute Gasteiger partial charge is 0.423 e. The third-order valence-corrected chi connectivity index (χ3v) is 5.43. The second-order valence-electron chi connectivity index (χ2n) is 7.89. The van der Waals surface area contributed by atoms with E-state index in [1.807, 2.05) is 92.7 Å². The summed E-state index contributed by atoms with van der Waals surface area (Å²) in [7, 11) is 0. The summed E-state index contributed by atoms with van der Waals surface area (Å²) in [6, 6.07) is 24.8. The van der Waals surface area contributed by atoms with E-state index in [1.54, 1.807) is 0 Å². The van der Waals surface area contributed by atoms with Gasteiger partial charge in [-0.2, -0.15) is 4.98 Å². The zero-order valence-electron chi connectivity index (χ0n) is 18.3. The van der Waals surface area contributed by atoms with E-state index >= 15 is 0 Å². The van der Waals surface area contributed by atoms with Crippen LogP contribution in [0.15, 0.2) is 99.5 Å². The highest BCUT2D eigenvalue weighted by Crippen LogP contribution is 2.32. The van der Waals surface area contributed by atoms with Gasteiger partial charge in [0.15, 0.2) is 5.58 Å². The van der Waals surface area contributed by atoms with Crippen molar-refractivity contribution in [3.8, 4) is 0 Å². The molecule has 0 aliphatic carbocycles. The Morgan fingerprint density at radius 1 is 0.939 bits per heavy atom. The van der Waals surface area contributed by atoms with Gasteiger partial charge in [0, 0.05) is 11.4 Å². The molecule has 1 aromatic heterocycles. The van der Waals surface area contributed by atoms with Crippen LogP contribution >= 0.6 is 0 Å². The van der Waals surface area contributed by atoms with Crippen molar-refractivity contribution < 1.29 is 9.21 Å². The van der Waals surface area contributed by atoms with E-state index in [-0.39, 0.29) is 5.91 Å². The van der Waals surface area contributed by atoms with Gasteiger partial charge in [-0.15, -0.1) is 0 Å². The Kier molecular flexibility index (Phi) is 5.36. The molecule has 0 fully saturated rings. The highest BCUT2D eigenvalue weighted by Gasteiger charge is 2.30. The topological polar surface area (TPSA) is 91.5 Å². The van der Waals surface area contributed by atoms with Gasteiger partial charge in [0.2, 0.25) is 5.96 Å². The molecule has 3 N–H and O–H groups in total. The van der Waals surface area contributed by atoms with Crippen LogP contribution in [0.4, 0.5) is 11.7 Å². The SMILES string of the molecule is CC1=C(C(=O)Nc2ccccc2)[C@@H](c2ccc(C)cc2)N=C(Nc2nc3ccccc3o2)N1. The average Bonchev–Trinajstić information content (AvgIpc) is 3.22. The molecular weight excluding hydrogens is 414 g/mol. The quantitative estimate of drug-likeness (QED) is 0.410. The second-order valence-corrected chi connectivity index (χ2v) is 7.89. The molecule has 1 amide bonds. The van der Waals surface area contributed by atoms with Gasteiger partial charge in [-0.25, -0.2) is 4.99 Å². The van der Waals surface area contributed by atoms with Gasteiger partial charge >= 0.3 is 6.01 Å². The first kappa shape index (κ1) is 20.5. The van der Waals surface area contributed by atoms with E-state index < -0.39 is 6.04 Å². The molecule has 7 heteroatoms. The number of hydrogen-bond donors (Lipinski definition) is 3. The smallest absolute Gasteiger partial charge is 0.302 e. The van der Waals surface area contributed by atoms with Gasteiger partial charge in [-0.3, -0.25) is 10.1 Å². The summed E-state index contributed by atoms with van der Waals surface area (Å²) in [6.45, 7) is 3.89. The lowest BCUT2D eigenvalue weighted by molar-refractivity contribution is -0.113. The van der Waals surface area contributed by atoms with Crippen molar-refractivity contribution in [1.82, 2.24) is 10.3 Å². The number of nitrogens with one attached hydrogen (secondary N) is 3. The summed E-state index contributed by atoms with van der Waals surface area (Å²) < 4.78 is 5.78. The number of fused-ring (bicyclic) bond motifs is 1. The molecule has 1 atom stereocenters. The van der Waals surface area contributed by atoms with Gasteiger partial charge in [0.05, 0.1) is 5.57 Å². The number of aliphatic imine (C=N–C) groups is 1. The van der Waals surface area contributed by atoms with Gasteiger partial charge in [-0.1, -0.05) is 60.2 Å². The third-order valence-electron chi connectivity index (χ3n) is 5.43. The van der Waals surface area contributed by atoms with Gasteiger partial charge in [0.1, 0.15) is 11.6 Å². The minimum atomic E-state index is -0.498. The molecule has 0 spiro atoms. The fraction of sp³-hybridized carbons (Fsp3) is 0.115. The molecule has 2 heterocycles. The molecule has 7 nitrogen and oxygen atoms in total. The Bertz CT molecular complexity index is 1340. The Morgan fingerprint density at radius 3 is 2.42 bits per heavy atom. The van der Waals surface area contributed by atoms with E-state index in [0.29, 0.717) is 28.8 Å². The van der Waals surface area contributed by atoms with Crippen molar-refractivity contribution in [2.45, 2.75) is 19.9 Å². The normalized spacial score (nSPS) is 15.7. The van der Waals surface area contributed by atoms with Crippen LogP contribution < -0.4 is 16.0 Å². The Morgan fingerprint density at radius 2 is 1.67 bits per heavy atom. The predicted octanol–water partition coefficient (Wildman–Crippen LogP) is 5.16. The summed E-state index contributed by atoms with van der Waals surface area (Å²) in [5, 5.41) is 9.29. The number of guanidine groups is 1. The molecule has 0 saturated heterocycles. The fourth-order valence-electron chi connectivity index (χ4n) is 3.77. The van der Waals surface area contributed by atoms with Crippen LogP contribution in [0.3, 0.4) is 0 Å². The van der Waals surface area contributed by atoms with Crippen molar-refractivity contribution in [2.75, 3.05) is 10.6 Å². The number of rotatable bonds is 4. The maximum atomic E-state index is 13.3. The van der Waals surface area contributed by atoms with Crippen LogP contribution in [-0.2, 0) is 4.79 Å². The van der Waals surface area contributed by atoms with Crippen molar-refractivity contribution in [2.24, 2.45) is 4.99 Å². The number of aryl methyl sites for hydroxylation is 1. The molecule has 5 rings (SSSR count). The minimum Gasteiger partial charge on any atom is -0.423 e. The molecule has 1 aliphatic rings. The predicted molar refractivity (Wildman–Crippen MR) is 130 cm³/mol. The molecule has 0 radical (unpaired) electrons. The van der Waals surface area contributed by atoms with Crippen LogP contribution in [-0.4, -0.2) is 16.9 Å². The van der Waals surface area contributed by atoms with Crippen LogP contribution in [0.25, 0.3) is 11.1 Å². The van der Waals surface area contributed by atoms with Crippen LogP contribution in [0.1, 0.15) is 24.1 Å². The van der Waals surface area contributed by atoms with Crippen molar-refractivity contribution in [3.05, 3.63) is 101 Å². The maximum Gasteiger partial charge on any atom is 0.302 e. The monoisotopic (exact) mass is 437 g/mol. The van der Waals surface area contributed by atoms with Crippen LogP contribution in [0.5, 0.6) is 0 Å². The number of para-hydroxylation sites is 3. The molecule has 4 aromatic rings. The second kappa shape index (κ2) is 8.63. The lowest BCUT2D eigenvalue weighted by Gasteiger charge is -2.26. The number of benzene rings is 3. The third kappa shape index (κ3) is 4.34. The lowest BCUT2D eigenvalue weighted by atomic mass is 9.95. The fourth-order valence-corrected chi connectivity index (χ4v) is 3.77.